The molecule has 0 aromatic rings. The van der Waals surface area contributed by atoms with E-state index in [1.54, 1.807) is 0 Å². The Morgan fingerprint density at radius 1 is 0.323 bits per heavy atom. The van der Waals surface area contributed by atoms with Gasteiger partial charge >= 0.3 is 17.9 Å². The third-order valence-electron chi connectivity index (χ3n) is 11.5. The highest BCUT2D eigenvalue weighted by Crippen LogP contribution is 2.15. The Morgan fingerprint density at radius 3 is 0.969 bits per heavy atom. The van der Waals surface area contributed by atoms with Crippen LogP contribution in [0.3, 0.4) is 0 Å². The highest BCUT2D eigenvalue weighted by atomic mass is 16.6. The molecule has 1 atom stereocenters. The monoisotopic (exact) mass is 905 g/mol. The van der Waals surface area contributed by atoms with E-state index in [-0.39, 0.29) is 31.1 Å². The molecule has 0 N–H and O–H groups in total. The molecular formula is C59H100O6. The quantitative estimate of drug-likeness (QED) is 0.0199. The molecule has 6 nitrogen and oxygen atoms in total. The molecule has 0 aliphatic rings. The maximum absolute atomic E-state index is 12.8. The van der Waals surface area contributed by atoms with Crippen molar-refractivity contribution in [1.29, 1.82) is 0 Å². The molecule has 0 aliphatic carbocycles. The zero-order valence-corrected chi connectivity index (χ0v) is 42.5. The summed E-state index contributed by atoms with van der Waals surface area (Å²) < 4.78 is 16.8. The van der Waals surface area contributed by atoms with Gasteiger partial charge in [0.1, 0.15) is 13.2 Å². The van der Waals surface area contributed by atoms with Crippen LogP contribution in [0, 0.1) is 0 Å². The van der Waals surface area contributed by atoms with Gasteiger partial charge in [0.2, 0.25) is 0 Å². The molecule has 0 aliphatic heterocycles. The highest BCUT2D eigenvalue weighted by Gasteiger charge is 2.19. The number of carbonyl (C=O) groups excluding carboxylic acids is 3. The SMILES string of the molecule is CC\C=C/C=C\C=C/CCCCCCCCCC(=O)OCC(COC(=O)CCCCCCCCC/C=C\CCCCCCCC)OC(=O)CCCCCCCCC\C=C/C=C\C=C/CC. The molecule has 0 bridgehead atoms. The maximum atomic E-state index is 12.8. The number of hydrogen-bond acceptors (Lipinski definition) is 6. The smallest absolute Gasteiger partial charge is 0.306 e. The highest BCUT2D eigenvalue weighted by molar-refractivity contribution is 5.71. The summed E-state index contributed by atoms with van der Waals surface area (Å²) in [7, 11) is 0. The molecule has 372 valence electrons. The minimum Gasteiger partial charge on any atom is -0.462 e. The molecule has 0 aromatic carbocycles. The predicted molar refractivity (Wildman–Crippen MR) is 279 cm³/mol. The summed E-state index contributed by atoms with van der Waals surface area (Å²) in [5.41, 5.74) is 0. The lowest BCUT2D eigenvalue weighted by Crippen LogP contribution is -2.30. The predicted octanol–water partition coefficient (Wildman–Crippen LogP) is 18.0. The number of esters is 3. The summed E-state index contributed by atoms with van der Waals surface area (Å²) in [4.78, 5) is 38.1. The number of allylic oxidation sites excluding steroid dienone is 14. The zero-order chi connectivity index (χ0) is 47.2. The summed E-state index contributed by atoms with van der Waals surface area (Å²) in [6.07, 6.45) is 68.5. The molecule has 0 rings (SSSR count). The lowest BCUT2D eigenvalue weighted by molar-refractivity contribution is -0.167. The summed E-state index contributed by atoms with van der Waals surface area (Å²) in [6, 6.07) is 0. The van der Waals surface area contributed by atoms with Gasteiger partial charge in [-0.1, -0.05) is 234 Å². The van der Waals surface area contributed by atoms with Crippen molar-refractivity contribution < 1.29 is 28.6 Å². The lowest BCUT2D eigenvalue weighted by atomic mass is 10.1. The molecule has 0 spiro atoms. The van der Waals surface area contributed by atoms with E-state index in [9.17, 15) is 14.4 Å². The van der Waals surface area contributed by atoms with Gasteiger partial charge in [-0.15, -0.1) is 0 Å². The van der Waals surface area contributed by atoms with Gasteiger partial charge in [-0.25, -0.2) is 0 Å². The standard InChI is InChI=1S/C59H100O6/c1-4-7-10-13-16-19-22-25-28-29-32-34-37-40-43-46-49-52-58(61)64-55-56(65-59(62)53-50-47-44-41-38-35-31-27-24-21-18-15-12-9-6-3)54-63-57(60)51-48-45-42-39-36-33-30-26-23-20-17-14-11-8-5-2/h8-9,11-12,14-15,17-18,20-21,23-25,28,56H,4-7,10,13,16,19,22,26-27,29-55H2,1-3H3/b11-8-,12-9-,17-14-,18-15-,23-20-,24-21-,28-25-. The second-order valence-corrected chi connectivity index (χ2v) is 17.8. The van der Waals surface area contributed by atoms with Crippen LogP contribution in [0.15, 0.2) is 85.1 Å². The van der Waals surface area contributed by atoms with Crippen LogP contribution < -0.4 is 0 Å². The molecule has 6 heteroatoms. The fourth-order valence-corrected chi connectivity index (χ4v) is 7.44. The lowest BCUT2D eigenvalue weighted by Gasteiger charge is -2.18. The van der Waals surface area contributed by atoms with Gasteiger partial charge in [0, 0.05) is 19.3 Å². The molecule has 0 radical (unpaired) electrons. The summed E-state index contributed by atoms with van der Waals surface area (Å²) in [6.45, 7) is 6.36. The zero-order valence-electron chi connectivity index (χ0n) is 42.5. The minimum atomic E-state index is -0.790. The third kappa shape index (κ3) is 51.4. The topological polar surface area (TPSA) is 78.9 Å². The van der Waals surface area contributed by atoms with E-state index in [2.05, 4.69) is 106 Å². The van der Waals surface area contributed by atoms with E-state index in [1.165, 1.54) is 128 Å². The third-order valence-corrected chi connectivity index (χ3v) is 11.5. The Labute approximate surface area is 401 Å². The largest absolute Gasteiger partial charge is 0.462 e. The number of carbonyl (C=O) groups is 3. The van der Waals surface area contributed by atoms with Crippen molar-refractivity contribution in [2.24, 2.45) is 0 Å². The van der Waals surface area contributed by atoms with Gasteiger partial charge in [0.05, 0.1) is 0 Å². The van der Waals surface area contributed by atoms with Crippen molar-refractivity contribution in [2.45, 2.75) is 258 Å². The van der Waals surface area contributed by atoms with E-state index in [1.807, 2.05) is 0 Å². The molecule has 0 fully saturated rings. The van der Waals surface area contributed by atoms with Gasteiger partial charge < -0.3 is 14.2 Å². The maximum Gasteiger partial charge on any atom is 0.306 e. The van der Waals surface area contributed by atoms with Crippen LogP contribution in [0.4, 0.5) is 0 Å². The fraction of sp³-hybridized carbons (Fsp3) is 0.712. The van der Waals surface area contributed by atoms with Crippen molar-refractivity contribution in [3.05, 3.63) is 85.1 Å². The van der Waals surface area contributed by atoms with Crippen molar-refractivity contribution in [2.75, 3.05) is 13.2 Å². The number of hydrogen-bond donors (Lipinski definition) is 0. The summed E-state index contributed by atoms with van der Waals surface area (Å²) >= 11 is 0. The molecular weight excluding hydrogens is 805 g/mol. The van der Waals surface area contributed by atoms with Gasteiger partial charge in [0.25, 0.3) is 0 Å². The van der Waals surface area contributed by atoms with Gasteiger partial charge in [-0.3, -0.25) is 14.4 Å². The second-order valence-electron chi connectivity index (χ2n) is 17.8. The van der Waals surface area contributed by atoms with Gasteiger partial charge in [-0.2, -0.15) is 0 Å². The Hall–Kier alpha value is -3.41. The molecule has 65 heavy (non-hydrogen) atoms. The van der Waals surface area contributed by atoms with E-state index < -0.39 is 6.10 Å². The molecule has 1 unspecified atom stereocenters. The van der Waals surface area contributed by atoms with Crippen molar-refractivity contribution in [1.82, 2.24) is 0 Å². The van der Waals surface area contributed by atoms with Crippen LogP contribution in [-0.4, -0.2) is 37.2 Å². The first kappa shape index (κ1) is 61.6. The van der Waals surface area contributed by atoms with E-state index in [4.69, 9.17) is 14.2 Å². The van der Waals surface area contributed by atoms with Crippen LogP contribution in [0.5, 0.6) is 0 Å². The molecule has 0 heterocycles. The first-order valence-corrected chi connectivity index (χ1v) is 27.2. The Kier molecular flexibility index (Phi) is 50.4. The average Bonchev–Trinajstić information content (AvgIpc) is 3.30. The second kappa shape index (κ2) is 53.2. The van der Waals surface area contributed by atoms with Crippen LogP contribution in [-0.2, 0) is 28.6 Å². The summed E-state index contributed by atoms with van der Waals surface area (Å²) in [5, 5.41) is 0. The minimum absolute atomic E-state index is 0.0879. The molecule has 0 aromatic heterocycles. The number of ether oxygens (including phenoxy) is 3. The van der Waals surface area contributed by atoms with Crippen molar-refractivity contribution in [3.8, 4) is 0 Å². The normalized spacial score (nSPS) is 12.7. The van der Waals surface area contributed by atoms with E-state index in [0.717, 1.165) is 83.5 Å². The van der Waals surface area contributed by atoms with Crippen LogP contribution >= 0.6 is 0 Å². The van der Waals surface area contributed by atoms with Gasteiger partial charge in [0.15, 0.2) is 6.10 Å². The van der Waals surface area contributed by atoms with Crippen LogP contribution in [0.25, 0.3) is 0 Å². The van der Waals surface area contributed by atoms with Crippen molar-refractivity contribution in [3.63, 3.8) is 0 Å². The van der Waals surface area contributed by atoms with E-state index >= 15 is 0 Å². The average molecular weight is 905 g/mol. The summed E-state index contributed by atoms with van der Waals surface area (Å²) in [5.74, 6) is -0.914. The number of unbranched alkanes of at least 4 members (excludes halogenated alkanes) is 27. The fourth-order valence-electron chi connectivity index (χ4n) is 7.44. The Bertz CT molecular complexity index is 1270. The van der Waals surface area contributed by atoms with Gasteiger partial charge in [-0.05, 0) is 83.5 Å². The number of rotatable bonds is 48. The van der Waals surface area contributed by atoms with E-state index in [0.29, 0.717) is 19.3 Å². The Balaban J connectivity index is 4.41. The Morgan fingerprint density at radius 2 is 0.615 bits per heavy atom. The molecule has 0 amide bonds. The van der Waals surface area contributed by atoms with Crippen molar-refractivity contribution >= 4 is 17.9 Å². The van der Waals surface area contributed by atoms with Crippen LogP contribution in [0.2, 0.25) is 0 Å². The van der Waals surface area contributed by atoms with Crippen LogP contribution in [0.1, 0.15) is 252 Å². The molecule has 0 saturated carbocycles. The first-order chi connectivity index (χ1) is 32.0. The first-order valence-electron chi connectivity index (χ1n) is 27.2. The molecule has 0 saturated heterocycles.